The predicted octanol–water partition coefficient (Wildman–Crippen LogP) is 3.92. The van der Waals surface area contributed by atoms with Crippen molar-refractivity contribution in [3.8, 4) is 0 Å². The molecule has 2 aromatic heterocycles. The number of furan rings is 1. The fourth-order valence-electron chi connectivity index (χ4n) is 2.19. The number of benzene rings is 1. The van der Waals surface area contributed by atoms with Gasteiger partial charge in [-0.15, -0.1) is 10.2 Å². The Labute approximate surface area is 121 Å². The van der Waals surface area contributed by atoms with Gasteiger partial charge in [0.25, 0.3) is 0 Å². The molecule has 0 radical (unpaired) electrons. The van der Waals surface area contributed by atoms with Crippen molar-refractivity contribution >= 4 is 28.2 Å². The van der Waals surface area contributed by atoms with E-state index in [1.54, 1.807) is 6.26 Å². The SMILES string of the molecule is CC(Cc1ccco1)Nc1nnc(Cl)c2ccccc12. The second-order valence-electron chi connectivity index (χ2n) is 4.71. The summed E-state index contributed by atoms with van der Waals surface area (Å²) in [4.78, 5) is 0. The maximum atomic E-state index is 6.06. The number of anilines is 1. The molecule has 1 atom stereocenters. The van der Waals surface area contributed by atoms with Gasteiger partial charge in [0.1, 0.15) is 5.76 Å². The molecule has 3 rings (SSSR count). The second kappa shape index (κ2) is 5.51. The van der Waals surface area contributed by atoms with E-state index in [4.69, 9.17) is 16.0 Å². The van der Waals surface area contributed by atoms with Crippen molar-refractivity contribution in [1.29, 1.82) is 0 Å². The lowest BCUT2D eigenvalue weighted by atomic mass is 10.1. The van der Waals surface area contributed by atoms with Crippen molar-refractivity contribution in [3.63, 3.8) is 0 Å². The Morgan fingerprint density at radius 1 is 1.15 bits per heavy atom. The normalized spacial score (nSPS) is 12.5. The lowest BCUT2D eigenvalue weighted by molar-refractivity contribution is 0.497. The van der Waals surface area contributed by atoms with Gasteiger partial charge in [-0.2, -0.15) is 0 Å². The Morgan fingerprint density at radius 3 is 2.70 bits per heavy atom. The van der Waals surface area contributed by atoms with E-state index >= 15 is 0 Å². The fraction of sp³-hybridized carbons (Fsp3) is 0.200. The molecule has 1 aromatic carbocycles. The molecule has 5 heteroatoms. The quantitative estimate of drug-likeness (QED) is 0.790. The maximum Gasteiger partial charge on any atom is 0.159 e. The monoisotopic (exact) mass is 287 g/mol. The molecular weight excluding hydrogens is 274 g/mol. The van der Waals surface area contributed by atoms with Gasteiger partial charge in [-0.25, -0.2) is 0 Å². The third-order valence-corrected chi connectivity index (χ3v) is 3.39. The van der Waals surface area contributed by atoms with Gasteiger partial charge in [-0.3, -0.25) is 0 Å². The Kier molecular flexibility index (Phi) is 3.56. The summed E-state index contributed by atoms with van der Waals surface area (Å²) in [5, 5.41) is 13.8. The molecule has 0 saturated heterocycles. The first-order valence-corrected chi connectivity index (χ1v) is 6.81. The third-order valence-electron chi connectivity index (χ3n) is 3.11. The summed E-state index contributed by atoms with van der Waals surface area (Å²) < 4.78 is 5.35. The van der Waals surface area contributed by atoms with Gasteiger partial charge < -0.3 is 9.73 Å². The van der Waals surface area contributed by atoms with E-state index in [0.717, 1.165) is 28.8 Å². The number of halogens is 1. The highest BCUT2D eigenvalue weighted by atomic mass is 35.5. The molecule has 1 N–H and O–H groups in total. The van der Waals surface area contributed by atoms with E-state index in [1.807, 2.05) is 36.4 Å². The summed E-state index contributed by atoms with van der Waals surface area (Å²) in [6.45, 7) is 2.08. The average Bonchev–Trinajstić information content (AvgIpc) is 2.95. The number of nitrogens with one attached hydrogen (secondary N) is 1. The molecule has 0 amide bonds. The molecule has 0 aliphatic rings. The summed E-state index contributed by atoms with van der Waals surface area (Å²) in [6.07, 6.45) is 2.46. The zero-order valence-corrected chi connectivity index (χ0v) is 11.8. The summed E-state index contributed by atoms with van der Waals surface area (Å²) in [5.74, 6) is 1.68. The molecule has 102 valence electrons. The number of hydrogen-bond donors (Lipinski definition) is 1. The molecule has 0 aliphatic carbocycles. The lowest BCUT2D eigenvalue weighted by Gasteiger charge is -2.14. The Morgan fingerprint density at radius 2 is 1.95 bits per heavy atom. The molecule has 3 aromatic rings. The van der Waals surface area contributed by atoms with E-state index in [-0.39, 0.29) is 6.04 Å². The van der Waals surface area contributed by atoms with Crippen LogP contribution < -0.4 is 5.32 Å². The minimum Gasteiger partial charge on any atom is -0.469 e. The maximum absolute atomic E-state index is 6.06. The molecule has 2 heterocycles. The van der Waals surface area contributed by atoms with Crippen LogP contribution in [-0.2, 0) is 6.42 Å². The van der Waals surface area contributed by atoms with Crippen LogP contribution in [-0.4, -0.2) is 16.2 Å². The molecular formula is C15H14ClN3O. The molecule has 4 nitrogen and oxygen atoms in total. The standard InChI is InChI=1S/C15H14ClN3O/c1-10(9-11-5-4-8-20-11)17-15-13-7-3-2-6-12(13)14(16)18-19-15/h2-8,10H,9H2,1H3,(H,17,19). The van der Waals surface area contributed by atoms with Crippen molar-refractivity contribution in [3.05, 3.63) is 53.6 Å². The first kappa shape index (κ1) is 12.9. The van der Waals surface area contributed by atoms with Gasteiger partial charge in [0.15, 0.2) is 11.0 Å². The Hall–Kier alpha value is -2.07. The minimum absolute atomic E-state index is 0.181. The smallest absolute Gasteiger partial charge is 0.159 e. The van der Waals surface area contributed by atoms with E-state index in [9.17, 15) is 0 Å². The van der Waals surface area contributed by atoms with Crippen LogP contribution in [0.15, 0.2) is 47.1 Å². The minimum atomic E-state index is 0.181. The van der Waals surface area contributed by atoms with Crippen molar-refractivity contribution in [2.24, 2.45) is 0 Å². The number of aromatic nitrogens is 2. The van der Waals surface area contributed by atoms with Gasteiger partial charge >= 0.3 is 0 Å². The average molecular weight is 288 g/mol. The van der Waals surface area contributed by atoms with Gasteiger partial charge in [0, 0.05) is 23.2 Å². The van der Waals surface area contributed by atoms with Crippen LogP contribution in [0, 0.1) is 0 Å². The molecule has 20 heavy (non-hydrogen) atoms. The van der Waals surface area contributed by atoms with E-state index in [1.165, 1.54) is 0 Å². The van der Waals surface area contributed by atoms with Crippen molar-refractivity contribution in [2.45, 2.75) is 19.4 Å². The van der Waals surface area contributed by atoms with Gasteiger partial charge in [0.05, 0.1) is 6.26 Å². The summed E-state index contributed by atoms with van der Waals surface area (Å²) >= 11 is 6.06. The summed E-state index contributed by atoms with van der Waals surface area (Å²) in [5.41, 5.74) is 0. The highest BCUT2D eigenvalue weighted by Gasteiger charge is 2.11. The van der Waals surface area contributed by atoms with Crippen LogP contribution in [0.5, 0.6) is 0 Å². The van der Waals surface area contributed by atoms with Gasteiger partial charge in [0.2, 0.25) is 0 Å². The van der Waals surface area contributed by atoms with Crippen LogP contribution in [0.2, 0.25) is 5.15 Å². The number of nitrogens with zero attached hydrogens (tertiary/aromatic N) is 2. The van der Waals surface area contributed by atoms with Crippen molar-refractivity contribution < 1.29 is 4.42 Å². The van der Waals surface area contributed by atoms with E-state index < -0.39 is 0 Å². The molecule has 0 aliphatic heterocycles. The fourth-order valence-corrected chi connectivity index (χ4v) is 2.40. The number of fused-ring (bicyclic) bond motifs is 1. The first-order chi connectivity index (χ1) is 9.74. The molecule has 0 fully saturated rings. The van der Waals surface area contributed by atoms with E-state index in [2.05, 4.69) is 22.4 Å². The molecule has 0 bridgehead atoms. The largest absolute Gasteiger partial charge is 0.469 e. The van der Waals surface area contributed by atoms with E-state index in [0.29, 0.717) is 5.15 Å². The van der Waals surface area contributed by atoms with Crippen molar-refractivity contribution in [1.82, 2.24) is 10.2 Å². The highest BCUT2D eigenvalue weighted by Crippen LogP contribution is 2.26. The first-order valence-electron chi connectivity index (χ1n) is 6.44. The van der Waals surface area contributed by atoms with Gasteiger partial charge in [-0.1, -0.05) is 35.9 Å². The van der Waals surface area contributed by atoms with Gasteiger partial charge in [-0.05, 0) is 19.1 Å². The summed E-state index contributed by atoms with van der Waals surface area (Å²) in [6, 6.07) is 11.9. The Bertz CT molecular complexity index is 712. The van der Waals surface area contributed by atoms with Crippen molar-refractivity contribution in [2.75, 3.05) is 5.32 Å². The number of hydrogen-bond acceptors (Lipinski definition) is 4. The van der Waals surface area contributed by atoms with Crippen LogP contribution in [0.25, 0.3) is 10.8 Å². The lowest BCUT2D eigenvalue weighted by Crippen LogP contribution is -2.19. The Balaban J connectivity index is 1.85. The molecule has 0 saturated carbocycles. The van der Waals surface area contributed by atoms with Crippen LogP contribution in [0.4, 0.5) is 5.82 Å². The van der Waals surface area contributed by atoms with Crippen LogP contribution in [0.1, 0.15) is 12.7 Å². The number of rotatable bonds is 4. The zero-order chi connectivity index (χ0) is 13.9. The molecule has 0 spiro atoms. The highest BCUT2D eigenvalue weighted by molar-refractivity contribution is 6.34. The second-order valence-corrected chi connectivity index (χ2v) is 5.07. The van der Waals surface area contributed by atoms with Crippen LogP contribution in [0.3, 0.4) is 0 Å². The predicted molar refractivity (Wildman–Crippen MR) is 80.0 cm³/mol. The topological polar surface area (TPSA) is 51.0 Å². The zero-order valence-electron chi connectivity index (χ0n) is 11.0. The van der Waals surface area contributed by atoms with Crippen LogP contribution >= 0.6 is 11.6 Å². The molecule has 1 unspecified atom stereocenters. The third kappa shape index (κ3) is 2.60. The summed E-state index contributed by atoms with van der Waals surface area (Å²) in [7, 11) is 0.